The van der Waals surface area contributed by atoms with Crippen molar-refractivity contribution in [1.29, 1.82) is 0 Å². The second-order valence-electron chi connectivity index (χ2n) is 8.37. The van der Waals surface area contributed by atoms with Gasteiger partial charge in [0.2, 0.25) is 0 Å². The summed E-state index contributed by atoms with van der Waals surface area (Å²) < 4.78 is 7.48. The van der Waals surface area contributed by atoms with Crippen molar-refractivity contribution in [1.82, 2.24) is 4.57 Å². The highest BCUT2D eigenvalue weighted by atomic mass is 16.5. The van der Waals surface area contributed by atoms with E-state index in [4.69, 9.17) is 4.74 Å². The quantitative estimate of drug-likeness (QED) is 0.538. The fourth-order valence-electron chi connectivity index (χ4n) is 3.65. The first kappa shape index (κ1) is 23.2. The molecule has 0 aliphatic rings. The highest BCUT2D eigenvalue weighted by molar-refractivity contribution is 5.69. The monoisotopic (exact) mass is 401 g/mol. The number of carbonyl (C=O) groups is 1. The molecule has 2 rings (SSSR count). The number of aliphatic hydroxyl groups is 1. The Labute approximate surface area is 175 Å². The van der Waals surface area contributed by atoms with Crippen LogP contribution in [0.1, 0.15) is 50.4 Å². The van der Waals surface area contributed by atoms with Gasteiger partial charge >= 0.3 is 5.97 Å². The number of aliphatic hydroxyl groups excluding tert-OH is 1. The summed E-state index contributed by atoms with van der Waals surface area (Å²) in [5.74, 6) is 0.281. The maximum atomic E-state index is 11.6. The number of hydrogen-bond donors (Lipinski definition) is 2. The molecule has 1 aromatic heterocycles. The summed E-state index contributed by atoms with van der Waals surface area (Å²) in [6.45, 7) is 11.7. The third kappa shape index (κ3) is 8.03. The molecule has 1 heterocycles. The van der Waals surface area contributed by atoms with Gasteiger partial charge < -0.3 is 19.3 Å². The number of nitrogens with one attached hydrogen (secondary N) is 1. The van der Waals surface area contributed by atoms with Gasteiger partial charge in [0.05, 0.1) is 12.2 Å². The van der Waals surface area contributed by atoms with Crippen LogP contribution < -0.4 is 4.90 Å². The van der Waals surface area contributed by atoms with Crippen molar-refractivity contribution < 1.29 is 19.5 Å². The van der Waals surface area contributed by atoms with Crippen LogP contribution in [0.4, 0.5) is 0 Å². The van der Waals surface area contributed by atoms with Gasteiger partial charge in [-0.3, -0.25) is 4.79 Å². The molecule has 1 unspecified atom stereocenters. The van der Waals surface area contributed by atoms with Gasteiger partial charge in [0.1, 0.15) is 25.8 Å². The Balaban J connectivity index is 2.00. The molecule has 0 saturated carbocycles. The normalized spacial score (nSPS) is 13.4. The second-order valence-corrected chi connectivity index (χ2v) is 8.37. The molecule has 0 amide bonds. The summed E-state index contributed by atoms with van der Waals surface area (Å²) in [5.41, 5.74) is 3.86. The van der Waals surface area contributed by atoms with E-state index >= 15 is 0 Å². The minimum absolute atomic E-state index is 0.0741. The predicted octanol–water partition coefficient (Wildman–Crippen LogP) is 2.59. The fourth-order valence-corrected chi connectivity index (χ4v) is 3.65. The molecule has 0 radical (unpaired) electrons. The number of quaternary nitrogens is 1. The number of nitrogens with zero attached hydrogens (tertiary/aromatic N) is 1. The molecule has 5 heteroatoms. The van der Waals surface area contributed by atoms with Crippen LogP contribution in [0.15, 0.2) is 42.6 Å². The number of carbonyl (C=O) groups excluding carboxylic acids is 1. The standard InChI is InChI=1S/C24H36N2O3/c1-5-9-24(28)29-18-23(27)17-25(14-19(2)3)16-22-12-8-13-26(22)15-21-11-7-6-10-20(21)4/h6-8,10-13,19,23,27H,5,9,14-18H2,1-4H3/p+1/t23-/m1/s1. The van der Waals surface area contributed by atoms with Gasteiger partial charge in [0, 0.05) is 25.1 Å². The van der Waals surface area contributed by atoms with E-state index in [1.807, 2.05) is 6.92 Å². The first-order valence-electron chi connectivity index (χ1n) is 10.7. The number of hydrogen-bond acceptors (Lipinski definition) is 3. The van der Waals surface area contributed by atoms with E-state index in [1.54, 1.807) is 0 Å². The van der Waals surface area contributed by atoms with Crippen molar-refractivity contribution in [2.24, 2.45) is 5.92 Å². The van der Waals surface area contributed by atoms with Crippen molar-refractivity contribution in [3.05, 3.63) is 59.4 Å². The van der Waals surface area contributed by atoms with Gasteiger partial charge in [-0.1, -0.05) is 45.0 Å². The Morgan fingerprint density at radius 3 is 2.62 bits per heavy atom. The van der Waals surface area contributed by atoms with Crippen molar-refractivity contribution in [3.8, 4) is 0 Å². The van der Waals surface area contributed by atoms with E-state index in [0.717, 1.165) is 26.1 Å². The van der Waals surface area contributed by atoms with Crippen molar-refractivity contribution >= 4 is 5.97 Å². The van der Waals surface area contributed by atoms with Gasteiger partial charge in [-0.05, 0) is 36.6 Å². The summed E-state index contributed by atoms with van der Waals surface area (Å²) in [4.78, 5) is 12.9. The molecule has 0 fully saturated rings. The molecule has 0 aliphatic carbocycles. The number of aromatic nitrogens is 1. The van der Waals surface area contributed by atoms with E-state index in [1.165, 1.54) is 21.7 Å². The number of rotatable bonds is 12. The van der Waals surface area contributed by atoms with Gasteiger partial charge in [0.15, 0.2) is 0 Å². The molecule has 0 bridgehead atoms. The van der Waals surface area contributed by atoms with Crippen LogP contribution in [-0.4, -0.2) is 41.4 Å². The van der Waals surface area contributed by atoms with Crippen LogP contribution in [0.25, 0.3) is 0 Å². The lowest BCUT2D eigenvalue weighted by atomic mass is 10.1. The van der Waals surface area contributed by atoms with E-state index in [2.05, 4.69) is 67.9 Å². The van der Waals surface area contributed by atoms with Gasteiger partial charge in [0.25, 0.3) is 0 Å². The van der Waals surface area contributed by atoms with Crippen LogP contribution in [0.3, 0.4) is 0 Å². The smallest absolute Gasteiger partial charge is 0.305 e. The summed E-state index contributed by atoms with van der Waals surface area (Å²) in [6.07, 6.45) is 2.64. The highest BCUT2D eigenvalue weighted by Gasteiger charge is 2.20. The second kappa shape index (κ2) is 11.8. The number of ether oxygens (including phenoxy) is 1. The van der Waals surface area contributed by atoms with Crippen LogP contribution in [0, 0.1) is 12.8 Å². The third-order valence-corrected chi connectivity index (χ3v) is 5.07. The highest BCUT2D eigenvalue weighted by Crippen LogP contribution is 2.11. The Kier molecular flexibility index (Phi) is 9.42. The summed E-state index contributed by atoms with van der Waals surface area (Å²) in [6, 6.07) is 12.7. The summed E-state index contributed by atoms with van der Waals surface area (Å²) in [7, 11) is 0. The van der Waals surface area contributed by atoms with Crippen LogP contribution >= 0.6 is 0 Å². The predicted molar refractivity (Wildman–Crippen MR) is 116 cm³/mol. The molecular weight excluding hydrogens is 364 g/mol. The first-order valence-corrected chi connectivity index (χ1v) is 10.7. The number of aryl methyl sites for hydroxylation is 1. The molecule has 0 aliphatic heterocycles. The molecular formula is C24H37N2O3+. The molecule has 1 aromatic carbocycles. The SMILES string of the molecule is CCCC(=O)OC[C@H](O)C[NH+](Cc1cccn1Cc1ccccc1C)CC(C)C. The molecule has 2 aromatic rings. The molecule has 2 N–H and O–H groups in total. The number of esters is 1. The Morgan fingerprint density at radius 2 is 1.93 bits per heavy atom. The molecule has 2 atom stereocenters. The number of benzene rings is 1. The topological polar surface area (TPSA) is 55.9 Å². The van der Waals surface area contributed by atoms with Crippen molar-refractivity contribution in [2.45, 2.75) is 59.7 Å². The van der Waals surface area contributed by atoms with E-state index < -0.39 is 6.10 Å². The molecule has 0 saturated heterocycles. The Morgan fingerprint density at radius 1 is 1.17 bits per heavy atom. The maximum absolute atomic E-state index is 11.6. The summed E-state index contributed by atoms with van der Waals surface area (Å²) in [5, 5.41) is 10.4. The average Bonchev–Trinajstić information content (AvgIpc) is 3.08. The molecule has 160 valence electrons. The summed E-state index contributed by atoms with van der Waals surface area (Å²) >= 11 is 0. The first-order chi connectivity index (χ1) is 13.9. The largest absolute Gasteiger partial charge is 0.463 e. The van der Waals surface area contributed by atoms with Gasteiger partial charge in [-0.15, -0.1) is 0 Å². The zero-order chi connectivity index (χ0) is 21.2. The van der Waals surface area contributed by atoms with Crippen molar-refractivity contribution in [2.75, 3.05) is 19.7 Å². The minimum Gasteiger partial charge on any atom is -0.463 e. The average molecular weight is 402 g/mol. The van der Waals surface area contributed by atoms with E-state index in [0.29, 0.717) is 18.9 Å². The van der Waals surface area contributed by atoms with Crippen molar-refractivity contribution in [3.63, 3.8) is 0 Å². The lowest BCUT2D eigenvalue weighted by molar-refractivity contribution is -0.920. The lowest BCUT2D eigenvalue weighted by Crippen LogP contribution is -3.12. The Hall–Kier alpha value is -2.11. The fraction of sp³-hybridized carbons (Fsp3) is 0.542. The van der Waals surface area contributed by atoms with Gasteiger partial charge in [-0.2, -0.15) is 0 Å². The maximum Gasteiger partial charge on any atom is 0.305 e. The van der Waals surface area contributed by atoms with Gasteiger partial charge in [-0.25, -0.2) is 0 Å². The zero-order valence-corrected chi connectivity index (χ0v) is 18.4. The van der Waals surface area contributed by atoms with Crippen LogP contribution in [0.5, 0.6) is 0 Å². The lowest BCUT2D eigenvalue weighted by Gasteiger charge is -2.24. The molecule has 0 spiro atoms. The van der Waals surface area contributed by atoms with E-state index in [9.17, 15) is 9.90 Å². The molecule has 29 heavy (non-hydrogen) atoms. The van der Waals surface area contributed by atoms with E-state index in [-0.39, 0.29) is 12.6 Å². The Bertz CT molecular complexity index is 754. The third-order valence-electron chi connectivity index (χ3n) is 5.07. The van der Waals surface area contributed by atoms with Crippen LogP contribution in [0.2, 0.25) is 0 Å². The minimum atomic E-state index is -0.649. The zero-order valence-electron chi connectivity index (χ0n) is 18.4. The molecule has 5 nitrogen and oxygen atoms in total. The van der Waals surface area contributed by atoms with Crippen LogP contribution in [-0.2, 0) is 22.6 Å².